The van der Waals surface area contributed by atoms with Gasteiger partial charge in [-0.25, -0.2) is 0 Å². The highest BCUT2D eigenvalue weighted by Crippen LogP contribution is 2.24. The molecule has 0 aromatic heterocycles. The summed E-state index contributed by atoms with van der Waals surface area (Å²) in [4.78, 5) is 25.4. The van der Waals surface area contributed by atoms with Crippen molar-refractivity contribution in [2.24, 2.45) is 11.7 Å². The fourth-order valence-electron chi connectivity index (χ4n) is 2.87. The van der Waals surface area contributed by atoms with Crippen LogP contribution in [-0.4, -0.2) is 66.3 Å². The first-order chi connectivity index (χ1) is 9.54. The fraction of sp³-hybridized carbons (Fsp3) is 0.846. The predicted octanol–water partition coefficient (Wildman–Crippen LogP) is -1.55. The molecule has 114 valence electrons. The van der Waals surface area contributed by atoms with E-state index in [2.05, 4.69) is 12.2 Å². The zero-order valence-corrected chi connectivity index (χ0v) is 11.7. The van der Waals surface area contributed by atoms with Gasteiger partial charge < -0.3 is 25.8 Å². The molecule has 2 aliphatic rings. The molecule has 0 spiro atoms. The summed E-state index contributed by atoms with van der Waals surface area (Å²) < 4.78 is 5.38. The predicted molar refractivity (Wildman–Crippen MR) is 71.7 cm³/mol. The molecular formula is C13H23N3O4. The first-order valence-corrected chi connectivity index (χ1v) is 7.13. The number of amides is 2. The maximum Gasteiger partial charge on any atom is 0.240 e. The number of aliphatic hydroxyl groups excluding tert-OH is 1. The van der Waals surface area contributed by atoms with Crippen LogP contribution in [0.4, 0.5) is 0 Å². The van der Waals surface area contributed by atoms with Crippen molar-refractivity contribution >= 4 is 11.8 Å². The summed E-state index contributed by atoms with van der Waals surface area (Å²) >= 11 is 0. The average Bonchev–Trinajstić information content (AvgIpc) is 3.01. The van der Waals surface area contributed by atoms with E-state index in [1.54, 1.807) is 0 Å². The Balaban J connectivity index is 2.03. The third kappa shape index (κ3) is 3.11. The number of carbonyl (C=O) groups is 2. The van der Waals surface area contributed by atoms with Gasteiger partial charge in [-0.3, -0.25) is 9.59 Å². The van der Waals surface area contributed by atoms with Gasteiger partial charge in [0.25, 0.3) is 0 Å². The first-order valence-electron chi connectivity index (χ1n) is 7.13. The Kier molecular flexibility index (Phi) is 4.95. The number of nitrogens with two attached hydrogens (primary N) is 1. The number of likely N-dealkylation sites (tertiary alicyclic amines) is 1. The number of nitrogens with one attached hydrogen (secondary N) is 1. The van der Waals surface area contributed by atoms with Crippen molar-refractivity contribution in [3.63, 3.8) is 0 Å². The molecule has 2 fully saturated rings. The maximum atomic E-state index is 12.6. The quantitative estimate of drug-likeness (QED) is 0.567. The van der Waals surface area contributed by atoms with E-state index < -0.39 is 18.1 Å². The number of hydrogen-bond acceptors (Lipinski definition) is 5. The van der Waals surface area contributed by atoms with E-state index in [0.29, 0.717) is 13.2 Å². The van der Waals surface area contributed by atoms with E-state index in [1.807, 2.05) is 0 Å². The number of β-amino-alcohol motifs (C(OH)–C–C–N with tert-alkyl or cyclic N) is 1. The van der Waals surface area contributed by atoms with Crippen molar-refractivity contribution in [2.75, 3.05) is 26.3 Å². The minimum absolute atomic E-state index is 0.0336. The van der Waals surface area contributed by atoms with E-state index in [1.165, 1.54) is 4.90 Å². The van der Waals surface area contributed by atoms with Gasteiger partial charge in [-0.2, -0.15) is 0 Å². The van der Waals surface area contributed by atoms with Crippen LogP contribution >= 0.6 is 0 Å². The molecule has 2 rings (SSSR count). The number of ether oxygens (including phenoxy) is 1. The molecule has 2 heterocycles. The molecule has 20 heavy (non-hydrogen) atoms. The number of rotatable bonds is 5. The van der Waals surface area contributed by atoms with Crippen LogP contribution in [0.3, 0.4) is 0 Å². The molecule has 0 aromatic carbocycles. The monoisotopic (exact) mass is 285 g/mol. The van der Waals surface area contributed by atoms with Crippen molar-refractivity contribution in [3.8, 4) is 0 Å². The summed E-state index contributed by atoms with van der Waals surface area (Å²) in [6.45, 7) is 3.88. The van der Waals surface area contributed by atoms with E-state index in [-0.39, 0.29) is 30.8 Å². The van der Waals surface area contributed by atoms with Gasteiger partial charge in [0, 0.05) is 19.0 Å². The molecule has 4 unspecified atom stereocenters. The SMILES string of the molecule is CCCNC1COCC1C(=O)N1CC(O)CC1C(N)=O. The zero-order chi connectivity index (χ0) is 14.7. The maximum absolute atomic E-state index is 12.6. The van der Waals surface area contributed by atoms with Gasteiger partial charge in [0.15, 0.2) is 0 Å². The molecule has 7 nitrogen and oxygen atoms in total. The van der Waals surface area contributed by atoms with Crippen molar-refractivity contribution in [3.05, 3.63) is 0 Å². The topological polar surface area (TPSA) is 105 Å². The first kappa shape index (κ1) is 15.2. The molecular weight excluding hydrogens is 262 g/mol. The second-order valence-corrected chi connectivity index (χ2v) is 5.50. The summed E-state index contributed by atoms with van der Waals surface area (Å²) in [5.74, 6) is -1.03. The summed E-state index contributed by atoms with van der Waals surface area (Å²) in [6.07, 6.45) is 0.520. The summed E-state index contributed by atoms with van der Waals surface area (Å²) in [6, 6.07) is -0.737. The van der Waals surface area contributed by atoms with E-state index in [9.17, 15) is 14.7 Å². The number of hydrogen-bond donors (Lipinski definition) is 3. The molecule has 2 aliphatic heterocycles. The Hall–Kier alpha value is -1.18. The summed E-state index contributed by atoms with van der Waals surface area (Å²) in [7, 11) is 0. The second kappa shape index (κ2) is 6.51. The average molecular weight is 285 g/mol. The van der Waals surface area contributed by atoms with Crippen molar-refractivity contribution in [1.29, 1.82) is 0 Å². The van der Waals surface area contributed by atoms with E-state index in [0.717, 1.165) is 13.0 Å². The fourth-order valence-corrected chi connectivity index (χ4v) is 2.87. The molecule has 0 radical (unpaired) electrons. The summed E-state index contributed by atoms with van der Waals surface area (Å²) in [5, 5.41) is 13.0. The van der Waals surface area contributed by atoms with Gasteiger partial charge in [-0.05, 0) is 13.0 Å². The Morgan fingerprint density at radius 2 is 2.20 bits per heavy atom. The lowest BCUT2D eigenvalue weighted by atomic mass is 10.0. The highest BCUT2D eigenvalue weighted by molar-refractivity contribution is 5.88. The molecule has 0 aliphatic carbocycles. The van der Waals surface area contributed by atoms with Crippen molar-refractivity contribution in [2.45, 2.75) is 38.0 Å². The molecule has 4 N–H and O–H groups in total. The third-order valence-corrected chi connectivity index (χ3v) is 3.94. The van der Waals surface area contributed by atoms with Crippen LogP contribution in [0.15, 0.2) is 0 Å². The van der Waals surface area contributed by atoms with Crippen LogP contribution in [0.25, 0.3) is 0 Å². The molecule has 0 saturated carbocycles. The highest BCUT2D eigenvalue weighted by Gasteiger charge is 2.43. The number of carbonyl (C=O) groups excluding carboxylic acids is 2. The van der Waals surface area contributed by atoms with Gasteiger partial charge in [-0.15, -0.1) is 0 Å². The molecule has 7 heteroatoms. The third-order valence-electron chi connectivity index (χ3n) is 3.94. The number of primary amides is 1. The van der Waals surface area contributed by atoms with Gasteiger partial charge >= 0.3 is 0 Å². The molecule has 0 aromatic rings. The smallest absolute Gasteiger partial charge is 0.240 e. The van der Waals surface area contributed by atoms with Crippen LogP contribution in [0.5, 0.6) is 0 Å². The Bertz CT molecular complexity index is 377. The molecule has 2 saturated heterocycles. The van der Waals surface area contributed by atoms with Crippen LogP contribution < -0.4 is 11.1 Å². The Morgan fingerprint density at radius 3 is 2.85 bits per heavy atom. The van der Waals surface area contributed by atoms with Gasteiger partial charge in [-0.1, -0.05) is 6.92 Å². The molecule has 2 amide bonds. The lowest BCUT2D eigenvalue weighted by Gasteiger charge is -2.27. The number of nitrogens with zero attached hydrogens (tertiary/aromatic N) is 1. The standard InChI is InChI=1S/C13H23N3O4/c1-2-3-15-10-7-20-6-9(10)13(19)16-5-8(17)4-11(16)12(14)18/h8-11,15,17H,2-7H2,1H3,(H2,14,18). The van der Waals surface area contributed by atoms with Crippen molar-refractivity contribution in [1.82, 2.24) is 10.2 Å². The molecule has 0 bridgehead atoms. The second-order valence-electron chi connectivity index (χ2n) is 5.50. The van der Waals surface area contributed by atoms with Gasteiger partial charge in [0.2, 0.25) is 11.8 Å². The minimum Gasteiger partial charge on any atom is -0.391 e. The zero-order valence-electron chi connectivity index (χ0n) is 11.7. The molecule has 4 atom stereocenters. The highest BCUT2D eigenvalue weighted by atomic mass is 16.5. The lowest BCUT2D eigenvalue weighted by molar-refractivity contribution is -0.141. The summed E-state index contributed by atoms with van der Waals surface area (Å²) in [5.41, 5.74) is 5.31. The van der Waals surface area contributed by atoms with Crippen LogP contribution in [0, 0.1) is 5.92 Å². The van der Waals surface area contributed by atoms with E-state index in [4.69, 9.17) is 10.5 Å². The minimum atomic E-state index is -0.704. The largest absolute Gasteiger partial charge is 0.391 e. The van der Waals surface area contributed by atoms with Gasteiger partial charge in [0.1, 0.15) is 6.04 Å². The van der Waals surface area contributed by atoms with Crippen LogP contribution in [0.2, 0.25) is 0 Å². The normalized spacial score (nSPS) is 33.6. The van der Waals surface area contributed by atoms with E-state index >= 15 is 0 Å². The Morgan fingerprint density at radius 1 is 1.45 bits per heavy atom. The Labute approximate surface area is 118 Å². The number of aliphatic hydroxyl groups is 1. The lowest BCUT2D eigenvalue weighted by Crippen LogP contribution is -2.50. The van der Waals surface area contributed by atoms with Gasteiger partial charge in [0.05, 0.1) is 25.2 Å². The van der Waals surface area contributed by atoms with Crippen LogP contribution in [-0.2, 0) is 14.3 Å². The van der Waals surface area contributed by atoms with Crippen molar-refractivity contribution < 1.29 is 19.4 Å². The van der Waals surface area contributed by atoms with Crippen LogP contribution in [0.1, 0.15) is 19.8 Å².